The van der Waals surface area contributed by atoms with Crippen LogP contribution in [0, 0.1) is 17.2 Å². The monoisotopic (exact) mass is 523 g/mol. The highest BCUT2D eigenvalue weighted by atomic mass is 16.5. The van der Waals surface area contributed by atoms with Gasteiger partial charge >= 0.3 is 0 Å². The highest BCUT2D eigenvalue weighted by molar-refractivity contribution is 5.85. The first-order chi connectivity index (χ1) is 19.0. The van der Waals surface area contributed by atoms with E-state index in [1.807, 2.05) is 19.3 Å². The van der Waals surface area contributed by atoms with Gasteiger partial charge in [0.05, 0.1) is 37.7 Å². The van der Waals surface area contributed by atoms with Gasteiger partial charge in [0.2, 0.25) is 5.95 Å². The lowest BCUT2D eigenvalue weighted by Gasteiger charge is -2.32. The molecule has 39 heavy (non-hydrogen) atoms. The number of aryl methyl sites for hydroxylation is 1. The van der Waals surface area contributed by atoms with E-state index in [0.717, 1.165) is 18.4 Å². The molecule has 5 aromatic rings. The van der Waals surface area contributed by atoms with Gasteiger partial charge in [-0.2, -0.15) is 15.3 Å². The predicted octanol–water partition coefficient (Wildman–Crippen LogP) is 4.07. The molecule has 7 rings (SSSR count). The molecule has 0 bridgehead atoms. The average molecular weight is 524 g/mol. The van der Waals surface area contributed by atoms with Gasteiger partial charge in [0.1, 0.15) is 16.7 Å². The molecule has 0 unspecified atom stereocenters. The number of nitrogens with zero attached hydrogens (tertiary/aromatic N) is 8. The van der Waals surface area contributed by atoms with E-state index in [-0.39, 0.29) is 17.5 Å². The van der Waals surface area contributed by atoms with E-state index in [1.54, 1.807) is 51.7 Å². The molecule has 2 aliphatic carbocycles. The summed E-state index contributed by atoms with van der Waals surface area (Å²) >= 11 is 0. The van der Waals surface area contributed by atoms with Crippen molar-refractivity contribution in [2.24, 2.45) is 13.0 Å². The van der Waals surface area contributed by atoms with Crippen molar-refractivity contribution in [2.45, 2.75) is 37.6 Å². The zero-order valence-corrected chi connectivity index (χ0v) is 21.4. The molecule has 0 amide bonds. The highest BCUT2D eigenvalue weighted by Gasteiger charge is 2.33. The van der Waals surface area contributed by atoms with Crippen molar-refractivity contribution in [2.75, 3.05) is 12.4 Å². The summed E-state index contributed by atoms with van der Waals surface area (Å²) in [6.45, 7) is 0. The number of nitriles is 1. The molecule has 2 saturated carbocycles. The van der Waals surface area contributed by atoms with Crippen molar-refractivity contribution in [3.63, 3.8) is 0 Å². The number of aromatic nitrogens is 7. The van der Waals surface area contributed by atoms with Gasteiger partial charge < -0.3 is 23.9 Å². The second-order valence-electron chi connectivity index (χ2n) is 10.1. The third-order valence-corrected chi connectivity index (χ3v) is 7.58. The van der Waals surface area contributed by atoms with Crippen molar-refractivity contribution in [1.82, 2.24) is 33.7 Å². The maximum Gasteiger partial charge on any atom is 0.274 e. The lowest BCUT2D eigenvalue weighted by Crippen LogP contribution is -2.34. The molecule has 12 heteroatoms. The number of anilines is 2. The van der Waals surface area contributed by atoms with Crippen LogP contribution in [0.2, 0.25) is 0 Å². The second-order valence-corrected chi connectivity index (χ2v) is 10.1. The Hall–Kier alpha value is -4.92. The van der Waals surface area contributed by atoms with E-state index in [9.17, 15) is 10.1 Å². The fourth-order valence-electron chi connectivity index (χ4n) is 5.18. The average Bonchev–Trinajstić information content (AvgIpc) is 3.63. The van der Waals surface area contributed by atoms with Crippen LogP contribution in [-0.4, -0.2) is 40.8 Å². The first-order valence-corrected chi connectivity index (χ1v) is 12.8. The zero-order valence-electron chi connectivity index (χ0n) is 21.4. The van der Waals surface area contributed by atoms with Crippen molar-refractivity contribution in [1.29, 1.82) is 5.26 Å². The van der Waals surface area contributed by atoms with E-state index in [4.69, 9.17) is 9.47 Å². The number of hydrogen-bond donors (Lipinski definition) is 1. The lowest BCUT2D eigenvalue weighted by atomic mass is 9.81. The molecule has 12 nitrogen and oxygen atoms in total. The van der Waals surface area contributed by atoms with Crippen LogP contribution in [0.5, 0.6) is 17.2 Å². The fraction of sp³-hybridized carbons (Fsp3) is 0.333. The van der Waals surface area contributed by atoms with Crippen LogP contribution in [0.3, 0.4) is 0 Å². The molecule has 2 aliphatic rings. The second kappa shape index (κ2) is 8.83. The highest BCUT2D eigenvalue weighted by Crippen LogP contribution is 2.43. The van der Waals surface area contributed by atoms with Crippen LogP contribution in [0.4, 0.5) is 11.6 Å². The summed E-state index contributed by atoms with van der Waals surface area (Å²) in [5, 5.41) is 16.8. The topological polar surface area (TPSA) is 137 Å². The minimum atomic E-state index is -0.126. The van der Waals surface area contributed by atoms with Crippen LogP contribution in [0.15, 0.2) is 48.0 Å². The van der Waals surface area contributed by atoms with Crippen LogP contribution in [0.25, 0.3) is 16.7 Å². The quantitative estimate of drug-likeness (QED) is 0.335. The molecule has 0 aromatic carbocycles. The Labute approximate surface area is 222 Å². The Morgan fingerprint density at radius 2 is 2.03 bits per heavy atom. The molecule has 0 saturated heterocycles. The fourth-order valence-corrected chi connectivity index (χ4v) is 5.18. The van der Waals surface area contributed by atoms with Crippen LogP contribution >= 0.6 is 0 Å². The molecular formula is C27H25N9O3. The Morgan fingerprint density at radius 3 is 2.79 bits per heavy atom. The first-order valence-electron chi connectivity index (χ1n) is 12.8. The molecule has 0 radical (unpaired) electrons. The number of fused-ring (bicyclic) bond motifs is 2. The van der Waals surface area contributed by atoms with E-state index >= 15 is 0 Å². The Bertz CT molecular complexity index is 1840. The minimum Gasteiger partial charge on any atom is -0.491 e. The molecule has 5 aromatic heterocycles. The summed E-state index contributed by atoms with van der Waals surface area (Å²) < 4.78 is 17.2. The summed E-state index contributed by atoms with van der Waals surface area (Å²) in [5.41, 5.74) is 3.21. The molecule has 0 atom stereocenters. The molecule has 2 fully saturated rings. The maximum absolute atomic E-state index is 13.5. The Balaban J connectivity index is 1.26. The molecular weight excluding hydrogens is 498 g/mol. The first kappa shape index (κ1) is 23.2. The summed E-state index contributed by atoms with van der Waals surface area (Å²) in [6, 6.07) is 4.27. The number of methoxy groups -OCH3 is 1. The van der Waals surface area contributed by atoms with Gasteiger partial charge in [-0.3, -0.25) is 9.78 Å². The number of nitrogens with one attached hydrogen (secondary N) is 1. The van der Waals surface area contributed by atoms with Gasteiger partial charge in [-0.1, -0.05) is 0 Å². The smallest absolute Gasteiger partial charge is 0.274 e. The summed E-state index contributed by atoms with van der Waals surface area (Å²) in [4.78, 5) is 26.8. The van der Waals surface area contributed by atoms with Gasteiger partial charge in [-0.15, -0.1) is 0 Å². The van der Waals surface area contributed by atoms with Gasteiger partial charge in [-0.25, -0.2) is 9.50 Å². The number of ether oxygens (including phenoxy) is 2. The summed E-state index contributed by atoms with van der Waals surface area (Å²) in [6.07, 6.45) is 13.8. The Kier molecular flexibility index (Phi) is 5.26. The number of rotatable bonds is 7. The van der Waals surface area contributed by atoms with E-state index in [1.165, 1.54) is 0 Å². The van der Waals surface area contributed by atoms with Crippen molar-refractivity contribution < 1.29 is 9.47 Å². The van der Waals surface area contributed by atoms with Crippen LogP contribution in [-0.2, 0) is 7.05 Å². The van der Waals surface area contributed by atoms with Crippen molar-refractivity contribution >= 4 is 28.3 Å². The maximum atomic E-state index is 13.5. The molecule has 5 heterocycles. The van der Waals surface area contributed by atoms with E-state index in [0.29, 0.717) is 64.3 Å². The normalized spacial score (nSPS) is 18.6. The Morgan fingerprint density at radius 1 is 1.18 bits per heavy atom. The van der Waals surface area contributed by atoms with Crippen LogP contribution in [0.1, 0.15) is 43.2 Å². The number of imidazole rings is 1. The largest absolute Gasteiger partial charge is 0.491 e. The van der Waals surface area contributed by atoms with Gasteiger partial charge in [0.15, 0.2) is 22.9 Å². The van der Waals surface area contributed by atoms with E-state index < -0.39 is 0 Å². The molecule has 0 spiro atoms. The molecule has 196 valence electrons. The standard InChI is InChI=1S/C27H25N9O3/c1-34-23-24(38-2)22(39-21-13-31-36-6-5-29-11-20(21)36)12-30-25(23)33-27(34)32-19-9-17(16-3-4-16)14-35(26(19)37)18-7-15(8-18)10-28/h5-6,9,11-16,18H,3-4,7-8H2,1-2H3,(H,30,32,33)/t15-,18+. The molecule has 0 aliphatic heterocycles. The van der Waals surface area contributed by atoms with Crippen molar-refractivity contribution in [3.8, 4) is 23.3 Å². The van der Waals surface area contributed by atoms with Gasteiger partial charge in [0, 0.05) is 31.7 Å². The number of pyridine rings is 2. The molecule has 1 N–H and O–H groups in total. The lowest BCUT2D eigenvalue weighted by molar-refractivity contribution is 0.243. The third-order valence-electron chi connectivity index (χ3n) is 7.58. The zero-order chi connectivity index (χ0) is 26.7. The minimum absolute atomic E-state index is 0.00897. The summed E-state index contributed by atoms with van der Waals surface area (Å²) in [7, 11) is 3.39. The van der Waals surface area contributed by atoms with Gasteiger partial charge in [0.25, 0.3) is 5.56 Å². The van der Waals surface area contributed by atoms with Crippen molar-refractivity contribution in [3.05, 3.63) is 59.2 Å². The van der Waals surface area contributed by atoms with Gasteiger partial charge in [-0.05, 0) is 43.2 Å². The van der Waals surface area contributed by atoms with E-state index in [2.05, 4.69) is 31.4 Å². The van der Waals surface area contributed by atoms with Crippen LogP contribution < -0.4 is 20.3 Å². The SMILES string of the molecule is COc1c(Oc2cnn3ccncc23)cnc2nc(Nc3cc(C4CC4)cn([C@H]4C[C@@H](C#N)C4)c3=O)n(C)c12. The summed E-state index contributed by atoms with van der Waals surface area (Å²) in [5.74, 6) is 2.28. The predicted molar refractivity (Wildman–Crippen MR) is 141 cm³/mol. The number of hydrogen-bond acceptors (Lipinski definition) is 9. The third kappa shape index (κ3) is 3.85.